The van der Waals surface area contributed by atoms with E-state index in [1.165, 1.54) is 0 Å². The van der Waals surface area contributed by atoms with Crippen molar-refractivity contribution in [1.82, 2.24) is 10.3 Å². The van der Waals surface area contributed by atoms with Crippen molar-refractivity contribution in [3.05, 3.63) is 36.0 Å². The van der Waals surface area contributed by atoms with Crippen LogP contribution < -0.4 is 11.1 Å². The smallest absolute Gasteiger partial charge is 0.223 e. The van der Waals surface area contributed by atoms with Crippen LogP contribution in [-0.4, -0.2) is 42.3 Å². The molecule has 0 aromatic carbocycles. The van der Waals surface area contributed by atoms with Crippen LogP contribution in [0.25, 0.3) is 0 Å². The van der Waals surface area contributed by atoms with Crippen LogP contribution in [0.1, 0.15) is 44.6 Å². The summed E-state index contributed by atoms with van der Waals surface area (Å²) in [6, 6.07) is 3.04. The molecule has 2 rings (SSSR count). The number of hydrogen-bond acceptors (Lipinski definition) is 6. The number of allylic oxidation sites excluding steroid dienone is 1. The molecular weight excluding hydrogens is 356 g/mol. The van der Waals surface area contributed by atoms with Gasteiger partial charge >= 0.3 is 0 Å². The van der Waals surface area contributed by atoms with E-state index in [2.05, 4.69) is 15.3 Å². The third kappa shape index (κ3) is 6.79. The molecule has 0 aliphatic heterocycles. The van der Waals surface area contributed by atoms with E-state index in [0.717, 1.165) is 31.2 Å². The lowest BCUT2D eigenvalue weighted by Gasteiger charge is -2.20. The zero-order chi connectivity index (χ0) is 20.4. The summed E-state index contributed by atoms with van der Waals surface area (Å²) >= 11 is 0. The lowest BCUT2D eigenvalue weighted by Crippen LogP contribution is -2.45. The molecule has 1 heterocycles. The second-order valence-corrected chi connectivity index (χ2v) is 6.99. The van der Waals surface area contributed by atoms with Gasteiger partial charge in [0.2, 0.25) is 11.8 Å². The van der Waals surface area contributed by atoms with Crippen LogP contribution in [0.4, 0.5) is 5.82 Å². The van der Waals surface area contributed by atoms with E-state index in [1.807, 2.05) is 13.0 Å². The summed E-state index contributed by atoms with van der Waals surface area (Å²) in [6.07, 6.45) is 10.1. The Morgan fingerprint density at radius 3 is 2.82 bits per heavy atom. The number of aryl methyl sites for hydroxylation is 1. The Hall–Kier alpha value is -2.70. The SMILES string of the molecule is C/C=C\C(=NC)OCC(=O)C(CCc1ccnc(N)c1)NC(=O)C1CCCC1. The van der Waals surface area contributed by atoms with Gasteiger partial charge in [-0.2, -0.15) is 0 Å². The molecule has 1 aliphatic carbocycles. The average molecular weight is 386 g/mol. The Bertz CT molecular complexity index is 724. The maximum atomic E-state index is 12.8. The van der Waals surface area contributed by atoms with Gasteiger partial charge in [0.05, 0.1) is 6.04 Å². The highest BCUT2D eigenvalue weighted by atomic mass is 16.5. The molecule has 0 bridgehead atoms. The predicted octanol–water partition coefficient (Wildman–Crippen LogP) is 2.46. The number of carbonyl (C=O) groups excluding carboxylic acids is 2. The minimum atomic E-state index is -0.605. The first-order chi connectivity index (χ1) is 13.5. The summed E-state index contributed by atoms with van der Waals surface area (Å²) in [4.78, 5) is 33.3. The molecule has 1 atom stereocenters. The van der Waals surface area contributed by atoms with Crippen molar-refractivity contribution in [2.24, 2.45) is 10.9 Å². The van der Waals surface area contributed by atoms with Gasteiger partial charge in [0.25, 0.3) is 0 Å². The summed E-state index contributed by atoms with van der Waals surface area (Å²) in [7, 11) is 1.60. The first-order valence-electron chi connectivity index (χ1n) is 9.79. The molecule has 7 nitrogen and oxygen atoms in total. The molecule has 1 unspecified atom stereocenters. The van der Waals surface area contributed by atoms with Crippen molar-refractivity contribution in [2.75, 3.05) is 19.4 Å². The van der Waals surface area contributed by atoms with E-state index >= 15 is 0 Å². The van der Waals surface area contributed by atoms with Gasteiger partial charge in [0, 0.05) is 19.2 Å². The summed E-state index contributed by atoms with van der Waals surface area (Å²) in [5.74, 6) is 0.623. The highest BCUT2D eigenvalue weighted by Crippen LogP contribution is 2.25. The first kappa shape index (κ1) is 21.6. The Morgan fingerprint density at radius 2 is 2.18 bits per heavy atom. The maximum absolute atomic E-state index is 12.8. The number of nitrogen functional groups attached to an aromatic ring is 1. The van der Waals surface area contributed by atoms with E-state index in [-0.39, 0.29) is 24.2 Å². The van der Waals surface area contributed by atoms with E-state index in [1.54, 1.807) is 31.5 Å². The van der Waals surface area contributed by atoms with Crippen molar-refractivity contribution in [1.29, 1.82) is 0 Å². The minimum absolute atomic E-state index is 0.00331. The summed E-state index contributed by atoms with van der Waals surface area (Å²) < 4.78 is 5.49. The van der Waals surface area contributed by atoms with Crippen LogP contribution in [0.3, 0.4) is 0 Å². The number of aromatic nitrogens is 1. The fourth-order valence-corrected chi connectivity index (χ4v) is 3.33. The van der Waals surface area contributed by atoms with Gasteiger partial charge in [-0.1, -0.05) is 18.9 Å². The number of aliphatic imine (C=N–C) groups is 1. The monoisotopic (exact) mass is 386 g/mol. The van der Waals surface area contributed by atoms with Crippen molar-refractivity contribution >= 4 is 23.4 Å². The van der Waals surface area contributed by atoms with E-state index in [9.17, 15) is 9.59 Å². The number of Topliss-reactive ketones (excluding diaryl/α,β-unsaturated/α-hetero) is 1. The average Bonchev–Trinajstić information content (AvgIpc) is 3.23. The quantitative estimate of drug-likeness (QED) is 0.501. The first-order valence-corrected chi connectivity index (χ1v) is 9.79. The highest BCUT2D eigenvalue weighted by Gasteiger charge is 2.27. The molecule has 152 valence electrons. The molecule has 7 heteroatoms. The number of rotatable bonds is 9. The largest absolute Gasteiger partial charge is 0.470 e. The van der Waals surface area contributed by atoms with Crippen LogP contribution in [-0.2, 0) is 20.7 Å². The number of amides is 1. The number of carbonyl (C=O) groups is 2. The number of ketones is 1. The van der Waals surface area contributed by atoms with E-state index in [0.29, 0.717) is 24.6 Å². The molecule has 1 fully saturated rings. The van der Waals surface area contributed by atoms with Crippen molar-refractivity contribution in [2.45, 2.75) is 51.5 Å². The minimum Gasteiger partial charge on any atom is -0.470 e. The Kier molecular flexibility index (Phi) is 8.65. The Morgan fingerprint density at radius 1 is 1.43 bits per heavy atom. The molecule has 1 amide bonds. The molecule has 0 spiro atoms. The second-order valence-electron chi connectivity index (χ2n) is 6.99. The van der Waals surface area contributed by atoms with Crippen LogP contribution in [0, 0.1) is 5.92 Å². The number of nitrogens with one attached hydrogen (secondary N) is 1. The molecule has 0 saturated heterocycles. The number of pyridine rings is 1. The maximum Gasteiger partial charge on any atom is 0.223 e. The molecule has 3 N–H and O–H groups in total. The number of anilines is 1. The zero-order valence-electron chi connectivity index (χ0n) is 16.7. The van der Waals surface area contributed by atoms with Gasteiger partial charge in [-0.15, -0.1) is 0 Å². The topological polar surface area (TPSA) is 107 Å². The molecule has 1 saturated carbocycles. The van der Waals surface area contributed by atoms with Gasteiger partial charge in [-0.3, -0.25) is 14.6 Å². The van der Waals surface area contributed by atoms with Crippen molar-refractivity contribution < 1.29 is 14.3 Å². The predicted molar refractivity (Wildman–Crippen MR) is 110 cm³/mol. The molecule has 1 aromatic heterocycles. The van der Waals surface area contributed by atoms with Crippen LogP contribution >= 0.6 is 0 Å². The summed E-state index contributed by atoms with van der Waals surface area (Å²) in [5.41, 5.74) is 6.70. The molecule has 1 aromatic rings. The summed E-state index contributed by atoms with van der Waals surface area (Å²) in [6.45, 7) is 1.71. The van der Waals surface area contributed by atoms with Crippen molar-refractivity contribution in [3.63, 3.8) is 0 Å². The third-order valence-electron chi connectivity index (χ3n) is 4.89. The van der Waals surface area contributed by atoms with Crippen LogP contribution in [0.15, 0.2) is 35.5 Å². The third-order valence-corrected chi connectivity index (χ3v) is 4.89. The van der Waals surface area contributed by atoms with Gasteiger partial charge in [0.15, 0.2) is 12.4 Å². The number of hydrogen-bond donors (Lipinski definition) is 2. The molecular formula is C21H30N4O3. The van der Waals surface area contributed by atoms with Crippen molar-refractivity contribution in [3.8, 4) is 0 Å². The fourth-order valence-electron chi connectivity index (χ4n) is 3.33. The normalized spacial score (nSPS) is 16.3. The molecule has 1 aliphatic rings. The second kappa shape index (κ2) is 11.2. The fraction of sp³-hybridized carbons (Fsp3) is 0.524. The van der Waals surface area contributed by atoms with E-state index in [4.69, 9.17) is 10.5 Å². The number of ether oxygens (including phenoxy) is 1. The van der Waals surface area contributed by atoms with Gasteiger partial charge in [-0.25, -0.2) is 4.98 Å². The van der Waals surface area contributed by atoms with Crippen LogP contribution in [0.2, 0.25) is 0 Å². The van der Waals surface area contributed by atoms with Gasteiger partial charge in [0.1, 0.15) is 5.82 Å². The summed E-state index contributed by atoms with van der Waals surface area (Å²) in [5, 5.41) is 2.94. The highest BCUT2D eigenvalue weighted by molar-refractivity contribution is 5.93. The standard InChI is InChI=1S/C21H30N4O3/c1-3-6-20(23-2)28-14-18(26)17(25-21(27)16-7-4-5-8-16)10-9-15-11-12-24-19(22)13-15/h3,6,11-13,16-17H,4-5,7-10,14H2,1-2H3,(H2,22,24)(H,25,27)/b6-3-,23-20?. The number of nitrogens with two attached hydrogens (primary N) is 1. The van der Waals surface area contributed by atoms with Gasteiger partial charge in [-0.05, 0) is 56.4 Å². The Labute approximate surface area is 166 Å². The zero-order valence-corrected chi connectivity index (χ0v) is 16.7. The number of nitrogens with zero attached hydrogens (tertiary/aromatic N) is 2. The Balaban J connectivity index is 2.01. The van der Waals surface area contributed by atoms with E-state index < -0.39 is 6.04 Å². The lowest BCUT2D eigenvalue weighted by atomic mass is 10.0. The van der Waals surface area contributed by atoms with Gasteiger partial charge < -0.3 is 15.8 Å². The lowest BCUT2D eigenvalue weighted by molar-refractivity contribution is -0.131. The molecule has 0 radical (unpaired) electrons. The molecule has 28 heavy (non-hydrogen) atoms. The van der Waals surface area contributed by atoms with Crippen LogP contribution in [0.5, 0.6) is 0 Å².